The van der Waals surface area contributed by atoms with Gasteiger partial charge >= 0.3 is 0 Å². The summed E-state index contributed by atoms with van der Waals surface area (Å²) in [6.45, 7) is 2.14. The van der Waals surface area contributed by atoms with Crippen LogP contribution >= 0.6 is 0 Å². The number of hydrogen-bond acceptors (Lipinski definition) is 3. The van der Waals surface area contributed by atoms with Crippen LogP contribution in [-0.2, 0) is 14.9 Å². The van der Waals surface area contributed by atoms with Crippen molar-refractivity contribution in [3.05, 3.63) is 35.9 Å². The van der Waals surface area contributed by atoms with Crippen molar-refractivity contribution in [3.8, 4) is 0 Å². The Morgan fingerprint density at radius 1 is 1.27 bits per heavy atom. The second-order valence-electron chi connectivity index (χ2n) is 6.69. The van der Waals surface area contributed by atoms with E-state index in [0.29, 0.717) is 6.54 Å². The molecule has 3 rings (SSSR count). The molecule has 3 N–H and O–H groups in total. The number of nitrogens with two attached hydrogens (primary N) is 1. The fraction of sp³-hybridized carbons (Fsp3) is 0.611. The maximum absolute atomic E-state index is 12.4. The highest BCUT2D eigenvalue weighted by Crippen LogP contribution is 2.43. The van der Waals surface area contributed by atoms with Crippen molar-refractivity contribution in [2.75, 3.05) is 19.8 Å². The molecule has 1 unspecified atom stereocenters. The zero-order valence-electron chi connectivity index (χ0n) is 13.1. The summed E-state index contributed by atoms with van der Waals surface area (Å²) < 4.78 is 5.34. The Labute approximate surface area is 132 Å². The second-order valence-corrected chi connectivity index (χ2v) is 6.69. The largest absolute Gasteiger partial charge is 0.381 e. The SMILES string of the molecule is NC(C(=O)NCC1(c2ccccc2)CCC1)C1CCOCC1. The third-order valence-electron chi connectivity index (χ3n) is 5.37. The number of amides is 1. The first-order valence-corrected chi connectivity index (χ1v) is 8.38. The fourth-order valence-corrected chi connectivity index (χ4v) is 3.63. The number of hydrogen-bond donors (Lipinski definition) is 2. The van der Waals surface area contributed by atoms with E-state index in [2.05, 4.69) is 29.6 Å². The van der Waals surface area contributed by atoms with Crippen molar-refractivity contribution >= 4 is 5.91 Å². The van der Waals surface area contributed by atoms with E-state index in [4.69, 9.17) is 10.5 Å². The Balaban J connectivity index is 1.57. The van der Waals surface area contributed by atoms with Gasteiger partial charge in [-0.15, -0.1) is 0 Å². The quantitative estimate of drug-likeness (QED) is 0.874. The third kappa shape index (κ3) is 3.18. The fourth-order valence-electron chi connectivity index (χ4n) is 3.63. The first kappa shape index (κ1) is 15.5. The van der Waals surface area contributed by atoms with Crippen LogP contribution in [0.25, 0.3) is 0 Å². The molecule has 120 valence electrons. The van der Waals surface area contributed by atoms with Gasteiger partial charge in [0.1, 0.15) is 0 Å². The van der Waals surface area contributed by atoms with Gasteiger partial charge in [-0.1, -0.05) is 36.8 Å². The van der Waals surface area contributed by atoms with Gasteiger partial charge in [0.05, 0.1) is 6.04 Å². The van der Waals surface area contributed by atoms with E-state index >= 15 is 0 Å². The normalized spacial score (nSPS) is 22.6. The molecule has 1 aromatic rings. The van der Waals surface area contributed by atoms with Gasteiger partial charge in [-0.05, 0) is 37.2 Å². The molecule has 1 aromatic carbocycles. The van der Waals surface area contributed by atoms with Crippen LogP contribution in [0.4, 0.5) is 0 Å². The van der Waals surface area contributed by atoms with Gasteiger partial charge < -0.3 is 15.8 Å². The Morgan fingerprint density at radius 2 is 1.95 bits per heavy atom. The second kappa shape index (κ2) is 6.80. The van der Waals surface area contributed by atoms with E-state index in [0.717, 1.165) is 38.9 Å². The van der Waals surface area contributed by atoms with Crippen LogP contribution in [-0.4, -0.2) is 31.7 Å². The summed E-state index contributed by atoms with van der Waals surface area (Å²) in [5, 5.41) is 3.12. The molecule has 1 aliphatic carbocycles. The number of benzene rings is 1. The summed E-state index contributed by atoms with van der Waals surface area (Å²) in [6, 6.07) is 10.1. The average Bonchev–Trinajstić information content (AvgIpc) is 2.55. The molecule has 0 aromatic heterocycles. The lowest BCUT2D eigenvalue weighted by Gasteiger charge is -2.43. The summed E-state index contributed by atoms with van der Waals surface area (Å²) in [5.74, 6) is 0.247. The van der Waals surface area contributed by atoms with Gasteiger partial charge in [-0.2, -0.15) is 0 Å². The van der Waals surface area contributed by atoms with Crippen molar-refractivity contribution in [1.29, 1.82) is 0 Å². The molecular weight excluding hydrogens is 276 g/mol. The molecule has 1 amide bonds. The van der Waals surface area contributed by atoms with Crippen LogP contribution in [0.2, 0.25) is 0 Å². The molecule has 1 atom stereocenters. The summed E-state index contributed by atoms with van der Waals surface area (Å²) in [5.41, 5.74) is 7.60. The van der Waals surface area contributed by atoms with Gasteiger partial charge in [0.2, 0.25) is 5.91 Å². The predicted molar refractivity (Wildman–Crippen MR) is 86.5 cm³/mol. The maximum atomic E-state index is 12.4. The topological polar surface area (TPSA) is 64.4 Å². The zero-order chi connectivity index (χ0) is 15.4. The van der Waals surface area contributed by atoms with E-state index in [-0.39, 0.29) is 17.2 Å². The van der Waals surface area contributed by atoms with Crippen LogP contribution in [0.3, 0.4) is 0 Å². The molecule has 1 aliphatic heterocycles. The van der Waals surface area contributed by atoms with Crippen LogP contribution in [0.5, 0.6) is 0 Å². The monoisotopic (exact) mass is 302 g/mol. The molecule has 2 aliphatic rings. The average molecular weight is 302 g/mol. The summed E-state index contributed by atoms with van der Waals surface area (Å²) in [6.07, 6.45) is 5.29. The lowest BCUT2D eigenvalue weighted by molar-refractivity contribution is -0.124. The molecular formula is C18H26N2O2. The molecule has 0 spiro atoms. The van der Waals surface area contributed by atoms with Gasteiger partial charge in [0.25, 0.3) is 0 Å². The van der Waals surface area contributed by atoms with E-state index in [1.54, 1.807) is 0 Å². The van der Waals surface area contributed by atoms with E-state index in [1.165, 1.54) is 12.0 Å². The Bertz CT molecular complexity index is 493. The highest BCUT2D eigenvalue weighted by atomic mass is 16.5. The smallest absolute Gasteiger partial charge is 0.237 e. The third-order valence-corrected chi connectivity index (χ3v) is 5.37. The first-order valence-electron chi connectivity index (χ1n) is 8.38. The minimum absolute atomic E-state index is 0.00546. The molecule has 1 saturated heterocycles. The Kier molecular flexibility index (Phi) is 4.79. The zero-order valence-corrected chi connectivity index (χ0v) is 13.1. The van der Waals surface area contributed by atoms with Crippen molar-refractivity contribution in [2.45, 2.75) is 43.6 Å². The van der Waals surface area contributed by atoms with Gasteiger partial charge in [-0.3, -0.25) is 4.79 Å². The van der Waals surface area contributed by atoms with Crippen molar-refractivity contribution < 1.29 is 9.53 Å². The highest BCUT2D eigenvalue weighted by molar-refractivity contribution is 5.82. The highest BCUT2D eigenvalue weighted by Gasteiger charge is 2.39. The van der Waals surface area contributed by atoms with E-state index < -0.39 is 6.04 Å². The van der Waals surface area contributed by atoms with Gasteiger partial charge in [0, 0.05) is 25.2 Å². The van der Waals surface area contributed by atoms with E-state index in [9.17, 15) is 4.79 Å². The summed E-state index contributed by atoms with van der Waals surface area (Å²) in [7, 11) is 0. The lowest BCUT2D eigenvalue weighted by atomic mass is 9.64. The molecule has 0 radical (unpaired) electrons. The molecule has 1 saturated carbocycles. The Hall–Kier alpha value is -1.39. The van der Waals surface area contributed by atoms with Crippen LogP contribution in [0, 0.1) is 5.92 Å². The maximum Gasteiger partial charge on any atom is 0.237 e. The van der Waals surface area contributed by atoms with Crippen molar-refractivity contribution in [2.24, 2.45) is 11.7 Å². The van der Waals surface area contributed by atoms with E-state index in [1.807, 2.05) is 6.07 Å². The van der Waals surface area contributed by atoms with Crippen LogP contribution in [0.1, 0.15) is 37.7 Å². The number of rotatable bonds is 5. The van der Waals surface area contributed by atoms with Crippen LogP contribution in [0.15, 0.2) is 30.3 Å². The van der Waals surface area contributed by atoms with Crippen molar-refractivity contribution in [1.82, 2.24) is 5.32 Å². The van der Waals surface area contributed by atoms with Crippen molar-refractivity contribution in [3.63, 3.8) is 0 Å². The minimum Gasteiger partial charge on any atom is -0.381 e. The molecule has 0 bridgehead atoms. The summed E-state index contributed by atoms with van der Waals surface area (Å²) >= 11 is 0. The number of carbonyl (C=O) groups is 1. The lowest BCUT2D eigenvalue weighted by Crippen LogP contribution is -2.52. The molecule has 1 heterocycles. The number of ether oxygens (including phenoxy) is 1. The van der Waals surface area contributed by atoms with Crippen LogP contribution < -0.4 is 11.1 Å². The summed E-state index contributed by atoms with van der Waals surface area (Å²) in [4.78, 5) is 12.4. The molecule has 2 fully saturated rings. The van der Waals surface area contributed by atoms with Gasteiger partial charge in [-0.25, -0.2) is 0 Å². The number of nitrogens with one attached hydrogen (secondary N) is 1. The first-order chi connectivity index (χ1) is 10.7. The number of carbonyl (C=O) groups excluding carboxylic acids is 1. The standard InChI is InChI=1S/C18H26N2O2/c19-16(14-7-11-22-12-8-14)17(21)20-13-18(9-4-10-18)15-5-2-1-3-6-15/h1-3,5-6,14,16H,4,7-13,19H2,(H,20,21). The minimum atomic E-state index is -0.406. The molecule has 4 heteroatoms. The van der Waals surface area contributed by atoms with Gasteiger partial charge in [0.15, 0.2) is 0 Å². The molecule has 4 nitrogen and oxygen atoms in total. The predicted octanol–water partition coefficient (Wildman–Crippen LogP) is 1.98. The molecule has 22 heavy (non-hydrogen) atoms. The Morgan fingerprint density at radius 3 is 2.55 bits per heavy atom.